The first-order valence-electron chi connectivity index (χ1n) is 6.58. The van der Waals surface area contributed by atoms with E-state index in [0.717, 1.165) is 12.1 Å². The van der Waals surface area contributed by atoms with Gasteiger partial charge in [-0.1, -0.05) is 37.4 Å². The highest BCUT2D eigenvalue weighted by molar-refractivity contribution is 6.30. The third-order valence-corrected chi connectivity index (χ3v) is 3.01. The molecule has 0 saturated carbocycles. The van der Waals surface area contributed by atoms with Gasteiger partial charge in [0.1, 0.15) is 0 Å². The fourth-order valence-electron chi connectivity index (χ4n) is 1.76. The highest BCUT2D eigenvalue weighted by Crippen LogP contribution is 2.21. The SMILES string of the molecule is CCCCCNCc1nnc(-c2cccc(Cl)c2)o1. The van der Waals surface area contributed by atoms with Crippen LogP contribution in [0.3, 0.4) is 0 Å². The first-order valence-corrected chi connectivity index (χ1v) is 6.96. The number of rotatable bonds is 7. The highest BCUT2D eigenvalue weighted by atomic mass is 35.5. The molecule has 0 bridgehead atoms. The lowest BCUT2D eigenvalue weighted by Crippen LogP contribution is -2.14. The van der Waals surface area contributed by atoms with Crippen molar-refractivity contribution in [3.63, 3.8) is 0 Å². The maximum Gasteiger partial charge on any atom is 0.247 e. The molecule has 1 aromatic carbocycles. The Morgan fingerprint density at radius 1 is 1.26 bits per heavy atom. The zero-order chi connectivity index (χ0) is 13.5. The van der Waals surface area contributed by atoms with Crippen molar-refractivity contribution >= 4 is 11.6 Å². The average molecular weight is 280 g/mol. The van der Waals surface area contributed by atoms with Gasteiger partial charge >= 0.3 is 0 Å². The smallest absolute Gasteiger partial charge is 0.247 e. The van der Waals surface area contributed by atoms with Crippen LogP contribution in [-0.4, -0.2) is 16.7 Å². The Hall–Kier alpha value is -1.39. The molecule has 0 atom stereocenters. The Labute approximate surface area is 118 Å². The molecule has 0 aliphatic heterocycles. The fraction of sp³-hybridized carbons (Fsp3) is 0.429. The van der Waals surface area contributed by atoms with Gasteiger partial charge < -0.3 is 9.73 Å². The van der Waals surface area contributed by atoms with Gasteiger partial charge in [-0.25, -0.2) is 0 Å². The zero-order valence-electron chi connectivity index (χ0n) is 11.0. The van der Waals surface area contributed by atoms with Crippen LogP contribution in [0, 0.1) is 0 Å². The third-order valence-electron chi connectivity index (χ3n) is 2.77. The summed E-state index contributed by atoms with van der Waals surface area (Å²) in [6, 6.07) is 7.40. The van der Waals surface area contributed by atoms with E-state index in [4.69, 9.17) is 16.0 Å². The molecular weight excluding hydrogens is 262 g/mol. The molecule has 1 N–H and O–H groups in total. The number of aromatic nitrogens is 2. The van der Waals surface area contributed by atoms with E-state index in [1.165, 1.54) is 19.3 Å². The van der Waals surface area contributed by atoms with Crippen molar-refractivity contribution in [1.82, 2.24) is 15.5 Å². The van der Waals surface area contributed by atoms with E-state index in [0.29, 0.717) is 23.3 Å². The molecule has 0 aliphatic rings. The maximum atomic E-state index is 5.93. The van der Waals surface area contributed by atoms with Crippen LogP contribution in [-0.2, 0) is 6.54 Å². The topological polar surface area (TPSA) is 51.0 Å². The predicted octanol–water partition coefficient (Wildman–Crippen LogP) is 3.67. The summed E-state index contributed by atoms with van der Waals surface area (Å²) in [4.78, 5) is 0. The molecule has 0 radical (unpaired) electrons. The predicted molar refractivity (Wildman–Crippen MR) is 76.0 cm³/mol. The van der Waals surface area contributed by atoms with Gasteiger partial charge in [0.25, 0.3) is 0 Å². The number of unbranched alkanes of at least 4 members (excludes halogenated alkanes) is 2. The van der Waals surface area contributed by atoms with E-state index in [2.05, 4.69) is 22.4 Å². The molecule has 2 aromatic rings. The minimum atomic E-state index is 0.507. The normalized spacial score (nSPS) is 10.8. The molecule has 0 fully saturated rings. The standard InChI is InChI=1S/C14H18ClN3O/c1-2-3-4-8-16-10-13-17-18-14(19-13)11-6-5-7-12(15)9-11/h5-7,9,16H,2-4,8,10H2,1H3. The summed E-state index contributed by atoms with van der Waals surface area (Å²) in [6.07, 6.45) is 3.64. The van der Waals surface area contributed by atoms with Crippen molar-refractivity contribution < 1.29 is 4.42 Å². The minimum Gasteiger partial charge on any atom is -0.419 e. The first kappa shape index (κ1) is 14.0. The number of hydrogen-bond acceptors (Lipinski definition) is 4. The number of nitrogens with one attached hydrogen (secondary N) is 1. The van der Waals surface area contributed by atoms with Crippen LogP contribution < -0.4 is 5.32 Å². The second-order valence-electron chi connectivity index (χ2n) is 4.40. The van der Waals surface area contributed by atoms with Gasteiger partial charge in [-0.05, 0) is 31.2 Å². The van der Waals surface area contributed by atoms with Crippen LogP contribution in [0.1, 0.15) is 32.1 Å². The van der Waals surface area contributed by atoms with Crippen molar-refractivity contribution in [1.29, 1.82) is 0 Å². The summed E-state index contributed by atoms with van der Waals surface area (Å²) in [7, 11) is 0. The molecule has 4 nitrogen and oxygen atoms in total. The van der Waals surface area contributed by atoms with Gasteiger partial charge in [0.2, 0.25) is 11.8 Å². The van der Waals surface area contributed by atoms with Crippen molar-refractivity contribution in [2.75, 3.05) is 6.54 Å². The van der Waals surface area contributed by atoms with E-state index >= 15 is 0 Å². The van der Waals surface area contributed by atoms with Crippen molar-refractivity contribution in [3.8, 4) is 11.5 Å². The zero-order valence-corrected chi connectivity index (χ0v) is 11.8. The summed E-state index contributed by atoms with van der Waals surface area (Å²) >= 11 is 5.93. The lowest BCUT2D eigenvalue weighted by molar-refractivity contribution is 0.473. The van der Waals surface area contributed by atoms with Gasteiger partial charge in [-0.15, -0.1) is 10.2 Å². The molecule has 102 valence electrons. The Balaban J connectivity index is 1.88. The van der Waals surface area contributed by atoms with Crippen molar-refractivity contribution in [2.45, 2.75) is 32.7 Å². The maximum absolute atomic E-state index is 5.93. The molecular formula is C14H18ClN3O. The Morgan fingerprint density at radius 2 is 2.16 bits per heavy atom. The highest BCUT2D eigenvalue weighted by Gasteiger charge is 2.08. The van der Waals surface area contributed by atoms with Crippen LogP contribution in [0.25, 0.3) is 11.5 Å². The second-order valence-corrected chi connectivity index (χ2v) is 4.83. The van der Waals surface area contributed by atoms with Crippen LogP contribution in [0.15, 0.2) is 28.7 Å². The summed E-state index contributed by atoms with van der Waals surface area (Å²) in [6.45, 7) is 3.77. The van der Waals surface area contributed by atoms with E-state index in [9.17, 15) is 0 Å². The fourth-order valence-corrected chi connectivity index (χ4v) is 1.95. The molecule has 0 unspecified atom stereocenters. The molecule has 0 saturated heterocycles. The number of halogens is 1. The first-order chi connectivity index (χ1) is 9.29. The molecule has 0 amide bonds. The molecule has 5 heteroatoms. The van der Waals surface area contributed by atoms with Gasteiger partial charge in [-0.3, -0.25) is 0 Å². The molecule has 1 aromatic heterocycles. The number of hydrogen-bond donors (Lipinski definition) is 1. The Bertz CT molecular complexity index is 513. The molecule has 19 heavy (non-hydrogen) atoms. The lowest BCUT2D eigenvalue weighted by atomic mass is 10.2. The number of nitrogens with zero attached hydrogens (tertiary/aromatic N) is 2. The van der Waals surface area contributed by atoms with Gasteiger partial charge in [0.05, 0.1) is 6.54 Å². The van der Waals surface area contributed by atoms with E-state index in [1.807, 2.05) is 24.3 Å². The largest absolute Gasteiger partial charge is 0.419 e. The summed E-state index contributed by atoms with van der Waals surface area (Å²) in [5.74, 6) is 1.11. The van der Waals surface area contributed by atoms with E-state index < -0.39 is 0 Å². The second kappa shape index (κ2) is 7.26. The van der Waals surface area contributed by atoms with Crippen LogP contribution >= 0.6 is 11.6 Å². The van der Waals surface area contributed by atoms with Crippen LogP contribution in [0.5, 0.6) is 0 Å². The summed E-state index contributed by atoms with van der Waals surface area (Å²) in [5.41, 5.74) is 0.845. The summed E-state index contributed by atoms with van der Waals surface area (Å²) in [5, 5.41) is 12.0. The Morgan fingerprint density at radius 3 is 2.95 bits per heavy atom. The quantitative estimate of drug-likeness (QED) is 0.786. The third kappa shape index (κ3) is 4.33. The van der Waals surface area contributed by atoms with Gasteiger partial charge in [0.15, 0.2) is 0 Å². The van der Waals surface area contributed by atoms with Crippen molar-refractivity contribution in [2.24, 2.45) is 0 Å². The van der Waals surface area contributed by atoms with Gasteiger partial charge in [-0.2, -0.15) is 0 Å². The molecule has 2 rings (SSSR count). The van der Waals surface area contributed by atoms with Crippen LogP contribution in [0.2, 0.25) is 5.02 Å². The van der Waals surface area contributed by atoms with Crippen molar-refractivity contribution in [3.05, 3.63) is 35.2 Å². The molecule has 1 heterocycles. The van der Waals surface area contributed by atoms with Gasteiger partial charge in [0, 0.05) is 10.6 Å². The lowest BCUT2D eigenvalue weighted by Gasteiger charge is -1.99. The van der Waals surface area contributed by atoms with Crippen LogP contribution in [0.4, 0.5) is 0 Å². The number of benzene rings is 1. The molecule has 0 aliphatic carbocycles. The minimum absolute atomic E-state index is 0.507. The monoisotopic (exact) mass is 279 g/mol. The van der Waals surface area contributed by atoms with E-state index in [1.54, 1.807) is 0 Å². The van der Waals surface area contributed by atoms with E-state index in [-0.39, 0.29) is 0 Å². The Kier molecular flexibility index (Phi) is 5.36. The average Bonchev–Trinajstić information content (AvgIpc) is 2.87. The summed E-state index contributed by atoms with van der Waals surface area (Å²) < 4.78 is 5.59. The molecule has 0 spiro atoms.